The van der Waals surface area contributed by atoms with Crippen molar-refractivity contribution in [1.29, 1.82) is 0 Å². The molecule has 4 N–H and O–H groups in total. The second-order valence-corrected chi connectivity index (χ2v) is 6.01. The fourth-order valence-electron chi connectivity index (χ4n) is 2.75. The Kier molecular flexibility index (Phi) is 4.81. The first-order valence-corrected chi connectivity index (χ1v) is 7.64. The molecule has 1 aliphatic heterocycles. The summed E-state index contributed by atoms with van der Waals surface area (Å²) in [5.74, 6) is -0.331. The summed E-state index contributed by atoms with van der Waals surface area (Å²) in [5, 5.41) is 20.1. The lowest BCUT2D eigenvalue weighted by molar-refractivity contribution is -0.157. The number of fused-ring (bicyclic) bond motifs is 1. The highest BCUT2D eigenvalue weighted by atomic mass is 16.6. The number of aromatic nitrogens is 4. The molecule has 3 heterocycles. The highest BCUT2D eigenvalue weighted by Gasteiger charge is 2.47. The summed E-state index contributed by atoms with van der Waals surface area (Å²) >= 11 is 0. The van der Waals surface area contributed by atoms with E-state index in [0.29, 0.717) is 11.2 Å². The lowest BCUT2D eigenvalue weighted by Crippen LogP contribution is -2.39. The number of hydrogen-bond acceptors (Lipinski definition) is 10. The maximum Gasteiger partial charge on any atom is 0.320 e. The quantitative estimate of drug-likeness (QED) is 0.522. The van der Waals surface area contributed by atoms with Gasteiger partial charge in [-0.3, -0.25) is 14.3 Å². The van der Waals surface area contributed by atoms with E-state index in [4.69, 9.17) is 15.2 Å². The van der Waals surface area contributed by atoms with Gasteiger partial charge in [-0.2, -0.15) is 0 Å². The molecule has 1 saturated heterocycles. The van der Waals surface area contributed by atoms with E-state index in [1.807, 2.05) is 0 Å². The number of nitrogens with two attached hydrogens (primary N) is 1. The van der Waals surface area contributed by atoms with Gasteiger partial charge in [-0.25, -0.2) is 15.0 Å². The first kappa shape index (κ1) is 17.5. The van der Waals surface area contributed by atoms with Crippen molar-refractivity contribution in [1.82, 2.24) is 24.4 Å². The first-order chi connectivity index (χ1) is 11.9. The van der Waals surface area contributed by atoms with Crippen LogP contribution in [0, 0.1) is 0 Å². The zero-order chi connectivity index (χ0) is 18.1. The van der Waals surface area contributed by atoms with Crippen LogP contribution in [0.3, 0.4) is 0 Å². The Morgan fingerprint density at radius 2 is 2.20 bits per heavy atom. The highest BCUT2D eigenvalue weighted by molar-refractivity contribution is 5.81. The van der Waals surface area contributed by atoms with Crippen LogP contribution in [0.15, 0.2) is 12.7 Å². The summed E-state index contributed by atoms with van der Waals surface area (Å²) in [5.41, 5.74) is 6.49. The molecule has 11 nitrogen and oxygen atoms in total. The van der Waals surface area contributed by atoms with Gasteiger partial charge in [-0.1, -0.05) is 0 Å². The van der Waals surface area contributed by atoms with Crippen LogP contribution in [-0.2, 0) is 14.3 Å². The number of hydrogen-bond donors (Lipinski definition) is 3. The monoisotopic (exact) mass is 352 g/mol. The standard InChI is InChI=1S/C14H20N6O5/c1-19(2)3-8(22)25-11-7(4-21)24-14(10(11)23)20-6-18-9-12(15)16-5-17-13(9)20/h5-7,10-11,14,21,23H,3-4H2,1-2H3,(H2,15,16,17)/t7-,10-,11?,14-/m1/s1. The molecule has 2 aromatic rings. The van der Waals surface area contributed by atoms with Gasteiger partial charge in [-0.15, -0.1) is 0 Å². The molecule has 11 heteroatoms. The molecule has 0 amide bonds. The SMILES string of the molecule is CN(C)CC(=O)OC1[C@@H](O)[C@H](n2cnc3c(N)ncnc32)O[C@@H]1CO. The van der Waals surface area contributed by atoms with E-state index in [0.717, 1.165) is 0 Å². The van der Waals surface area contributed by atoms with E-state index in [2.05, 4.69) is 15.0 Å². The Labute approximate surface area is 143 Å². The van der Waals surface area contributed by atoms with E-state index in [1.165, 1.54) is 17.2 Å². The van der Waals surface area contributed by atoms with E-state index >= 15 is 0 Å². The number of imidazole rings is 1. The number of aliphatic hydroxyl groups excluding tert-OH is 2. The number of nitrogen functional groups attached to an aromatic ring is 1. The summed E-state index contributed by atoms with van der Waals surface area (Å²) in [6.45, 7) is -0.374. The van der Waals surface area contributed by atoms with Crippen molar-refractivity contribution in [3.05, 3.63) is 12.7 Å². The molecule has 0 aliphatic carbocycles. The minimum Gasteiger partial charge on any atom is -0.456 e. The summed E-state index contributed by atoms with van der Waals surface area (Å²) in [4.78, 5) is 25.6. The summed E-state index contributed by atoms with van der Waals surface area (Å²) in [7, 11) is 3.44. The zero-order valence-corrected chi connectivity index (χ0v) is 13.8. The molecule has 0 saturated carbocycles. The molecule has 0 radical (unpaired) electrons. The lowest BCUT2D eigenvalue weighted by Gasteiger charge is -2.20. The Hall–Kier alpha value is -2.34. The number of rotatable bonds is 5. The Morgan fingerprint density at radius 3 is 2.88 bits per heavy atom. The van der Waals surface area contributed by atoms with Crippen molar-refractivity contribution >= 4 is 23.0 Å². The second-order valence-electron chi connectivity index (χ2n) is 6.01. The van der Waals surface area contributed by atoms with E-state index in [1.54, 1.807) is 19.0 Å². The number of aliphatic hydroxyl groups is 2. The molecular weight excluding hydrogens is 332 g/mol. The van der Waals surface area contributed by atoms with Crippen LogP contribution >= 0.6 is 0 Å². The zero-order valence-electron chi connectivity index (χ0n) is 13.8. The van der Waals surface area contributed by atoms with Gasteiger partial charge in [-0.05, 0) is 14.1 Å². The second kappa shape index (κ2) is 6.88. The van der Waals surface area contributed by atoms with Crippen molar-refractivity contribution < 1.29 is 24.5 Å². The summed E-state index contributed by atoms with van der Waals surface area (Å²) in [6, 6.07) is 0. The average molecular weight is 352 g/mol. The van der Waals surface area contributed by atoms with Crippen molar-refractivity contribution in [2.45, 2.75) is 24.5 Å². The average Bonchev–Trinajstić information content (AvgIpc) is 3.10. The van der Waals surface area contributed by atoms with Gasteiger partial charge >= 0.3 is 5.97 Å². The van der Waals surface area contributed by atoms with Crippen LogP contribution in [-0.4, -0.2) is 86.2 Å². The number of carbonyl (C=O) groups is 1. The third-order valence-electron chi connectivity index (χ3n) is 3.86. The molecule has 0 aromatic carbocycles. The van der Waals surface area contributed by atoms with Crippen molar-refractivity contribution in [2.24, 2.45) is 0 Å². The molecule has 4 atom stereocenters. The van der Waals surface area contributed by atoms with Gasteiger partial charge < -0.3 is 25.4 Å². The number of nitrogens with zero attached hydrogens (tertiary/aromatic N) is 5. The fourth-order valence-corrected chi connectivity index (χ4v) is 2.75. The van der Waals surface area contributed by atoms with Gasteiger partial charge in [0, 0.05) is 0 Å². The van der Waals surface area contributed by atoms with Crippen LogP contribution in [0.2, 0.25) is 0 Å². The molecule has 25 heavy (non-hydrogen) atoms. The number of carbonyl (C=O) groups excluding carboxylic acids is 1. The molecule has 1 fully saturated rings. The minimum atomic E-state index is -1.21. The van der Waals surface area contributed by atoms with Gasteiger partial charge in [0.25, 0.3) is 0 Å². The van der Waals surface area contributed by atoms with Gasteiger partial charge in [0.2, 0.25) is 0 Å². The van der Waals surface area contributed by atoms with E-state index < -0.39 is 37.1 Å². The van der Waals surface area contributed by atoms with Crippen LogP contribution in [0.4, 0.5) is 5.82 Å². The number of esters is 1. The Morgan fingerprint density at radius 1 is 1.44 bits per heavy atom. The lowest BCUT2D eigenvalue weighted by atomic mass is 10.1. The van der Waals surface area contributed by atoms with E-state index in [9.17, 15) is 15.0 Å². The van der Waals surface area contributed by atoms with Crippen molar-refractivity contribution in [3.63, 3.8) is 0 Å². The minimum absolute atomic E-state index is 0.0454. The Bertz CT molecular complexity index is 765. The summed E-state index contributed by atoms with van der Waals surface area (Å²) < 4.78 is 12.4. The number of anilines is 1. The topological polar surface area (TPSA) is 149 Å². The summed E-state index contributed by atoms with van der Waals surface area (Å²) in [6.07, 6.45) is -1.36. The molecular formula is C14H20N6O5. The van der Waals surface area contributed by atoms with Crippen molar-refractivity contribution in [3.8, 4) is 0 Å². The third kappa shape index (κ3) is 3.26. The molecule has 1 unspecified atom stereocenters. The number of ether oxygens (including phenoxy) is 2. The van der Waals surface area contributed by atoms with Crippen LogP contribution in [0.1, 0.15) is 6.23 Å². The third-order valence-corrected chi connectivity index (χ3v) is 3.86. The predicted octanol–water partition coefficient (Wildman–Crippen LogP) is -1.87. The number of likely N-dealkylation sites (N-methyl/N-ethyl adjacent to an activating group) is 1. The maximum atomic E-state index is 11.9. The Balaban J connectivity index is 1.85. The molecule has 0 bridgehead atoms. The van der Waals surface area contributed by atoms with Crippen LogP contribution in [0.25, 0.3) is 11.2 Å². The fraction of sp³-hybridized carbons (Fsp3) is 0.571. The van der Waals surface area contributed by atoms with Gasteiger partial charge in [0.15, 0.2) is 23.8 Å². The largest absolute Gasteiger partial charge is 0.456 e. The molecule has 0 spiro atoms. The normalized spacial score (nSPS) is 26.4. The molecule has 2 aromatic heterocycles. The maximum absolute atomic E-state index is 11.9. The molecule has 136 valence electrons. The predicted molar refractivity (Wildman–Crippen MR) is 85.2 cm³/mol. The van der Waals surface area contributed by atoms with Gasteiger partial charge in [0.1, 0.15) is 24.1 Å². The highest BCUT2D eigenvalue weighted by Crippen LogP contribution is 2.33. The van der Waals surface area contributed by atoms with Crippen LogP contribution in [0.5, 0.6) is 0 Å². The van der Waals surface area contributed by atoms with Crippen molar-refractivity contribution in [2.75, 3.05) is 33.0 Å². The first-order valence-electron chi connectivity index (χ1n) is 7.64. The molecule has 3 rings (SSSR count). The van der Waals surface area contributed by atoms with E-state index in [-0.39, 0.29) is 12.4 Å². The smallest absolute Gasteiger partial charge is 0.320 e. The van der Waals surface area contributed by atoms with Gasteiger partial charge in [0.05, 0.1) is 19.5 Å². The molecule has 1 aliphatic rings. The van der Waals surface area contributed by atoms with Crippen LogP contribution < -0.4 is 5.73 Å².